The van der Waals surface area contributed by atoms with Crippen LogP contribution in [0.25, 0.3) is 11.3 Å². The highest BCUT2D eigenvalue weighted by Gasteiger charge is 2.18. The van der Waals surface area contributed by atoms with Crippen LogP contribution < -0.4 is 5.73 Å². The minimum atomic E-state index is 0.763. The van der Waals surface area contributed by atoms with Gasteiger partial charge in [0.2, 0.25) is 0 Å². The van der Waals surface area contributed by atoms with E-state index in [1.165, 1.54) is 24.0 Å². The lowest BCUT2D eigenvalue weighted by atomic mass is 9.93. The first-order valence-corrected chi connectivity index (χ1v) is 7.28. The molecule has 0 spiro atoms. The molecule has 0 radical (unpaired) electrons. The molecule has 1 aromatic heterocycles. The molecular weight excluding hydrogens is 246 g/mol. The lowest BCUT2D eigenvalue weighted by molar-refractivity contribution is 0.742. The topological polar surface area (TPSA) is 43.8 Å². The van der Waals surface area contributed by atoms with E-state index in [4.69, 9.17) is 5.73 Å². The van der Waals surface area contributed by atoms with Gasteiger partial charge in [0.15, 0.2) is 0 Å². The van der Waals surface area contributed by atoms with Gasteiger partial charge in [-0.25, -0.2) is 4.68 Å². The number of benzene rings is 1. The molecule has 1 heterocycles. The summed E-state index contributed by atoms with van der Waals surface area (Å²) in [5, 5.41) is 4.64. The van der Waals surface area contributed by atoms with Crippen LogP contribution in [0, 0.1) is 13.8 Å². The minimum Gasteiger partial charge on any atom is -0.383 e. The van der Waals surface area contributed by atoms with Crippen LogP contribution in [0.1, 0.15) is 42.5 Å². The molecule has 2 aromatic rings. The number of nitrogens with two attached hydrogens (primary N) is 1. The zero-order chi connectivity index (χ0) is 14.1. The van der Waals surface area contributed by atoms with Gasteiger partial charge in [0.05, 0.1) is 11.4 Å². The summed E-state index contributed by atoms with van der Waals surface area (Å²) in [6.45, 7) is 4.13. The summed E-state index contributed by atoms with van der Waals surface area (Å²) in [7, 11) is 0. The zero-order valence-electron chi connectivity index (χ0n) is 12.2. The predicted octanol–water partition coefficient (Wildman–Crippen LogP) is 4.03. The number of allylic oxidation sites excluding steroid dienone is 2. The first-order valence-electron chi connectivity index (χ1n) is 7.28. The SMILES string of the molecule is Cc1ccc(-n2nc(C)c(C3=CCCCC3)c2N)cc1. The highest BCUT2D eigenvalue weighted by molar-refractivity contribution is 5.76. The van der Waals surface area contributed by atoms with Crippen LogP contribution in [0.4, 0.5) is 5.82 Å². The Labute approximate surface area is 120 Å². The summed E-state index contributed by atoms with van der Waals surface area (Å²) in [5.41, 5.74) is 12.2. The first kappa shape index (κ1) is 13.0. The number of aromatic nitrogens is 2. The van der Waals surface area contributed by atoms with E-state index in [0.717, 1.165) is 35.6 Å². The van der Waals surface area contributed by atoms with E-state index >= 15 is 0 Å². The van der Waals surface area contributed by atoms with E-state index in [9.17, 15) is 0 Å². The third-order valence-corrected chi connectivity index (χ3v) is 3.99. The van der Waals surface area contributed by atoms with Gasteiger partial charge in [0.1, 0.15) is 5.82 Å². The zero-order valence-corrected chi connectivity index (χ0v) is 12.2. The molecule has 1 aromatic carbocycles. The number of nitrogens with zero attached hydrogens (tertiary/aromatic N) is 2. The number of hydrogen-bond acceptors (Lipinski definition) is 2. The molecule has 3 rings (SSSR count). The van der Waals surface area contributed by atoms with Crippen molar-refractivity contribution >= 4 is 11.4 Å². The molecule has 0 aliphatic heterocycles. The van der Waals surface area contributed by atoms with Crippen molar-refractivity contribution in [3.05, 3.63) is 47.2 Å². The fourth-order valence-corrected chi connectivity index (χ4v) is 2.89. The molecule has 0 atom stereocenters. The van der Waals surface area contributed by atoms with Gasteiger partial charge in [0, 0.05) is 5.56 Å². The quantitative estimate of drug-likeness (QED) is 0.892. The van der Waals surface area contributed by atoms with Crippen molar-refractivity contribution < 1.29 is 0 Å². The van der Waals surface area contributed by atoms with Crippen LogP contribution in [0.5, 0.6) is 0 Å². The third kappa shape index (κ3) is 2.24. The van der Waals surface area contributed by atoms with Gasteiger partial charge in [-0.1, -0.05) is 23.8 Å². The molecule has 3 heteroatoms. The minimum absolute atomic E-state index is 0.763. The monoisotopic (exact) mass is 267 g/mol. The van der Waals surface area contributed by atoms with E-state index in [1.54, 1.807) is 0 Å². The van der Waals surface area contributed by atoms with Crippen molar-refractivity contribution in [3.63, 3.8) is 0 Å². The van der Waals surface area contributed by atoms with Crippen LogP contribution >= 0.6 is 0 Å². The van der Waals surface area contributed by atoms with Crippen molar-refractivity contribution in [1.82, 2.24) is 9.78 Å². The van der Waals surface area contributed by atoms with Gasteiger partial charge in [-0.15, -0.1) is 0 Å². The number of nitrogen functional groups attached to an aromatic ring is 1. The summed E-state index contributed by atoms with van der Waals surface area (Å²) in [6, 6.07) is 8.31. The molecule has 1 aliphatic rings. The second kappa shape index (κ2) is 5.16. The highest BCUT2D eigenvalue weighted by atomic mass is 15.3. The molecule has 3 nitrogen and oxygen atoms in total. The second-order valence-electron chi connectivity index (χ2n) is 5.57. The van der Waals surface area contributed by atoms with E-state index in [1.807, 2.05) is 11.6 Å². The Kier molecular flexibility index (Phi) is 3.35. The van der Waals surface area contributed by atoms with Gasteiger partial charge in [0.25, 0.3) is 0 Å². The predicted molar refractivity (Wildman–Crippen MR) is 83.9 cm³/mol. The first-order chi connectivity index (χ1) is 9.66. The van der Waals surface area contributed by atoms with Gasteiger partial charge < -0.3 is 5.73 Å². The molecule has 0 saturated carbocycles. The Morgan fingerprint density at radius 2 is 1.85 bits per heavy atom. The normalized spacial score (nSPS) is 15.2. The van der Waals surface area contributed by atoms with Crippen molar-refractivity contribution in [2.24, 2.45) is 0 Å². The number of anilines is 1. The number of aryl methyl sites for hydroxylation is 2. The molecule has 20 heavy (non-hydrogen) atoms. The maximum absolute atomic E-state index is 6.36. The van der Waals surface area contributed by atoms with Gasteiger partial charge in [-0.05, 0) is 57.2 Å². The Bertz CT molecular complexity index is 648. The standard InChI is InChI=1S/C17H21N3/c1-12-8-10-15(11-9-12)20-17(18)16(13(2)19-20)14-6-4-3-5-7-14/h6,8-11H,3-5,7,18H2,1-2H3. The summed E-state index contributed by atoms with van der Waals surface area (Å²) in [6.07, 6.45) is 7.13. The van der Waals surface area contributed by atoms with Gasteiger partial charge in [-0.3, -0.25) is 0 Å². The molecule has 1 aliphatic carbocycles. The van der Waals surface area contributed by atoms with E-state index < -0.39 is 0 Å². The molecule has 0 fully saturated rings. The van der Waals surface area contributed by atoms with E-state index in [0.29, 0.717) is 0 Å². The largest absolute Gasteiger partial charge is 0.383 e. The second-order valence-corrected chi connectivity index (χ2v) is 5.57. The Morgan fingerprint density at radius 1 is 1.10 bits per heavy atom. The number of hydrogen-bond donors (Lipinski definition) is 1. The lowest BCUT2D eigenvalue weighted by Gasteiger charge is -2.13. The van der Waals surface area contributed by atoms with Crippen molar-refractivity contribution in [2.75, 3.05) is 5.73 Å². The third-order valence-electron chi connectivity index (χ3n) is 3.99. The number of rotatable bonds is 2. The average molecular weight is 267 g/mol. The summed E-state index contributed by atoms with van der Waals surface area (Å²) < 4.78 is 1.86. The smallest absolute Gasteiger partial charge is 0.135 e. The molecular formula is C17H21N3. The molecule has 2 N–H and O–H groups in total. The highest BCUT2D eigenvalue weighted by Crippen LogP contribution is 2.33. The van der Waals surface area contributed by atoms with Crippen molar-refractivity contribution in [3.8, 4) is 5.69 Å². The molecule has 0 unspecified atom stereocenters. The van der Waals surface area contributed by atoms with Crippen LogP contribution in [0.2, 0.25) is 0 Å². The van der Waals surface area contributed by atoms with E-state index in [-0.39, 0.29) is 0 Å². The summed E-state index contributed by atoms with van der Waals surface area (Å²) in [5.74, 6) is 0.763. The van der Waals surface area contributed by atoms with Crippen molar-refractivity contribution in [1.29, 1.82) is 0 Å². The van der Waals surface area contributed by atoms with Crippen LogP contribution in [0.3, 0.4) is 0 Å². The molecule has 104 valence electrons. The van der Waals surface area contributed by atoms with Crippen LogP contribution in [-0.4, -0.2) is 9.78 Å². The summed E-state index contributed by atoms with van der Waals surface area (Å²) in [4.78, 5) is 0. The molecule has 0 amide bonds. The van der Waals surface area contributed by atoms with Gasteiger partial charge >= 0.3 is 0 Å². The lowest BCUT2D eigenvalue weighted by Crippen LogP contribution is -2.03. The molecule has 0 saturated heterocycles. The average Bonchev–Trinajstić information content (AvgIpc) is 2.76. The van der Waals surface area contributed by atoms with E-state index in [2.05, 4.69) is 42.4 Å². The van der Waals surface area contributed by atoms with Crippen LogP contribution in [0.15, 0.2) is 30.3 Å². The van der Waals surface area contributed by atoms with Crippen molar-refractivity contribution in [2.45, 2.75) is 39.5 Å². The Balaban J connectivity index is 2.06. The maximum atomic E-state index is 6.36. The van der Waals surface area contributed by atoms with Crippen LogP contribution in [-0.2, 0) is 0 Å². The summed E-state index contributed by atoms with van der Waals surface area (Å²) >= 11 is 0. The van der Waals surface area contributed by atoms with Gasteiger partial charge in [-0.2, -0.15) is 5.10 Å². The fraction of sp³-hybridized carbons (Fsp3) is 0.353. The maximum Gasteiger partial charge on any atom is 0.135 e. The molecule has 0 bridgehead atoms. The Hall–Kier alpha value is -2.03. The Morgan fingerprint density at radius 3 is 2.50 bits per heavy atom. The fourth-order valence-electron chi connectivity index (χ4n) is 2.89.